The highest BCUT2D eigenvalue weighted by molar-refractivity contribution is 6.73. The fourth-order valence-corrected chi connectivity index (χ4v) is 8.88. The van der Waals surface area contributed by atoms with Crippen molar-refractivity contribution in [2.45, 2.75) is 83.5 Å². The Labute approximate surface area is 218 Å². The summed E-state index contributed by atoms with van der Waals surface area (Å²) in [6, 6.07) is 17.2. The topological polar surface area (TPSA) is 57.7 Å². The number of methoxy groups -OCH3 is 1. The van der Waals surface area contributed by atoms with Gasteiger partial charge in [-0.3, -0.25) is 0 Å². The molecule has 5 nitrogen and oxygen atoms in total. The molecule has 1 heterocycles. The quantitative estimate of drug-likeness (QED) is 0.178. The molecular weight excluding hydrogens is 466 g/mol. The fraction of sp³-hybridized carbons (Fsp3) is 0.533. The van der Waals surface area contributed by atoms with E-state index >= 15 is 0 Å². The van der Waals surface area contributed by atoms with E-state index in [1.54, 1.807) is 31.5 Å². The summed E-state index contributed by atoms with van der Waals surface area (Å²) in [4.78, 5) is 16.4. The van der Waals surface area contributed by atoms with Gasteiger partial charge in [-0.2, -0.15) is 0 Å². The maximum atomic E-state index is 12.3. The monoisotopic (exact) mass is 509 g/mol. The number of carbonyl (C=O) groups excluding carboxylic acids is 1. The van der Waals surface area contributed by atoms with Gasteiger partial charge in [0, 0.05) is 6.20 Å². The molecule has 6 heteroatoms. The Morgan fingerprint density at radius 3 is 2.36 bits per heavy atom. The maximum Gasteiger partial charge on any atom is 0.357 e. The van der Waals surface area contributed by atoms with E-state index in [0.29, 0.717) is 17.5 Å². The molecule has 0 unspecified atom stereocenters. The second-order valence-electron chi connectivity index (χ2n) is 10.4. The average molecular weight is 510 g/mol. The Kier molecular flexibility index (Phi) is 9.91. The van der Waals surface area contributed by atoms with Gasteiger partial charge in [-0.25, -0.2) is 9.78 Å². The molecule has 1 aliphatic rings. The lowest BCUT2D eigenvalue weighted by Gasteiger charge is -2.48. The largest absolute Gasteiger partial charge is 0.497 e. The van der Waals surface area contributed by atoms with Crippen molar-refractivity contribution in [2.24, 2.45) is 5.92 Å². The number of aromatic nitrogens is 1. The molecule has 0 saturated heterocycles. The van der Waals surface area contributed by atoms with Crippen molar-refractivity contribution >= 4 is 14.3 Å². The predicted molar refractivity (Wildman–Crippen MR) is 148 cm³/mol. The van der Waals surface area contributed by atoms with Crippen LogP contribution < -0.4 is 4.74 Å². The lowest BCUT2D eigenvalue weighted by Crippen LogP contribution is -2.50. The standard InChI is InChI=1S/C30H43NO4Si/c1-7-36(8-2,9-3)35-30(4,5)27-18-13-23(19-21-34-29(32)28-12-10-11-20-31-28)22-26(27)24-14-16-25(33-6)17-15-24/h10-12,14-17,19-20,26-27H,7-9,13,18,21-22H2,1-6H3/b23-19+/t26-,27+/m1/s1. The number of ether oxygens (including phenoxy) is 2. The molecular formula is C30H43NO4Si. The third-order valence-electron chi connectivity index (χ3n) is 8.05. The Balaban J connectivity index is 1.80. The van der Waals surface area contributed by atoms with Crippen LogP contribution in [-0.4, -0.2) is 38.6 Å². The summed E-state index contributed by atoms with van der Waals surface area (Å²) in [5, 5.41) is 0. The SMILES string of the molecule is CC[Si](CC)(CC)OC(C)(C)[C@H]1CC/C(=C\COC(=O)c2ccccn2)C[C@@H]1c1ccc(OC)cc1. The zero-order chi connectivity index (χ0) is 26.2. The molecule has 196 valence electrons. The Morgan fingerprint density at radius 1 is 1.08 bits per heavy atom. The molecule has 1 aromatic carbocycles. The number of carbonyl (C=O) groups is 1. The highest BCUT2D eigenvalue weighted by Crippen LogP contribution is 2.48. The van der Waals surface area contributed by atoms with Crippen LogP contribution in [0.1, 0.15) is 75.9 Å². The first kappa shape index (κ1) is 28.1. The molecule has 2 atom stereocenters. The van der Waals surface area contributed by atoms with E-state index in [2.05, 4.69) is 69.9 Å². The van der Waals surface area contributed by atoms with Crippen LogP contribution in [-0.2, 0) is 9.16 Å². The van der Waals surface area contributed by atoms with Crippen molar-refractivity contribution < 1.29 is 18.7 Å². The first-order valence-corrected chi connectivity index (χ1v) is 15.9. The van der Waals surface area contributed by atoms with E-state index in [0.717, 1.165) is 43.1 Å². The lowest BCUT2D eigenvalue weighted by atomic mass is 9.67. The van der Waals surface area contributed by atoms with Crippen LogP contribution in [0.3, 0.4) is 0 Å². The molecule has 3 rings (SSSR count). The van der Waals surface area contributed by atoms with Crippen LogP contribution in [0.25, 0.3) is 0 Å². The Bertz CT molecular complexity index is 991. The minimum Gasteiger partial charge on any atom is -0.497 e. The Morgan fingerprint density at radius 2 is 1.78 bits per heavy atom. The summed E-state index contributed by atoms with van der Waals surface area (Å²) in [6.07, 6.45) is 6.66. The highest BCUT2D eigenvalue weighted by Gasteiger charge is 2.44. The van der Waals surface area contributed by atoms with Gasteiger partial charge in [0.25, 0.3) is 0 Å². The van der Waals surface area contributed by atoms with Crippen molar-refractivity contribution in [1.29, 1.82) is 0 Å². The van der Waals surface area contributed by atoms with Gasteiger partial charge >= 0.3 is 5.97 Å². The van der Waals surface area contributed by atoms with Gasteiger partial charge in [-0.15, -0.1) is 0 Å². The van der Waals surface area contributed by atoms with Crippen LogP contribution in [0.4, 0.5) is 0 Å². The molecule has 1 aliphatic carbocycles. The van der Waals surface area contributed by atoms with E-state index in [1.165, 1.54) is 11.1 Å². The number of nitrogens with zero attached hydrogens (tertiary/aromatic N) is 1. The number of rotatable bonds is 11. The van der Waals surface area contributed by atoms with Gasteiger partial charge in [0.1, 0.15) is 18.1 Å². The van der Waals surface area contributed by atoms with Crippen molar-refractivity contribution in [2.75, 3.05) is 13.7 Å². The van der Waals surface area contributed by atoms with Crippen LogP contribution in [0, 0.1) is 5.92 Å². The van der Waals surface area contributed by atoms with Gasteiger partial charge in [-0.1, -0.05) is 44.5 Å². The first-order chi connectivity index (χ1) is 17.3. The van der Waals surface area contributed by atoms with E-state index in [-0.39, 0.29) is 18.2 Å². The van der Waals surface area contributed by atoms with Crippen LogP contribution in [0.2, 0.25) is 18.1 Å². The van der Waals surface area contributed by atoms with Gasteiger partial charge in [-0.05, 0) is 99.0 Å². The van der Waals surface area contributed by atoms with Gasteiger partial charge in [0.05, 0.1) is 12.7 Å². The predicted octanol–water partition coefficient (Wildman–Crippen LogP) is 7.56. The van der Waals surface area contributed by atoms with Crippen LogP contribution >= 0.6 is 0 Å². The molecule has 0 aliphatic heterocycles. The number of allylic oxidation sites excluding steroid dienone is 1. The average Bonchev–Trinajstić information content (AvgIpc) is 2.92. The summed E-state index contributed by atoms with van der Waals surface area (Å²) >= 11 is 0. The zero-order valence-corrected chi connectivity index (χ0v) is 23.9. The minimum absolute atomic E-state index is 0.212. The number of hydrogen-bond donors (Lipinski definition) is 0. The summed E-state index contributed by atoms with van der Waals surface area (Å²) in [6.45, 7) is 11.8. The molecule has 0 spiro atoms. The highest BCUT2D eigenvalue weighted by atomic mass is 28.4. The molecule has 0 bridgehead atoms. The minimum atomic E-state index is -1.76. The van der Waals surface area contributed by atoms with Crippen molar-refractivity contribution in [3.63, 3.8) is 0 Å². The summed E-state index contributed by atoms with van der Waals surface area (Å²) in [7, 11) is -0.0616. The number of hydrogen-bond acceptors (Lipinski definition) is 5. The van der Waals surface area contributed by atoms with Gasteiger partial charge < -0.3 is 13.9 Å². The molecule has 0 radical (unpaired) electrons. The van der Waals surface area contributed by atoms with E-state index in [9.17, 15) is 4.79 Å². The lowest BCUT2D eigenvalue weighted by molar-refractivity contribution is 0.00905. The summed E-state index contributed by atoms with van der Waals surface area (Å²) < 4.78 is 18.0. The number of benzene rings is 1. The Hall–Kier alpha value is -2.44. The summed E-state index contributed by atoms with van der Waals surface area (Å²) in [5.74, 6) is 1.21. The van der Waals surface area contributed by atoms with Crippen LogP contribution in [0.5, 0.6) is 5.75 Å². The third kappa shape index (κ3) is 6.86. The number of esters is 1. The molecule has 2 aromatic rings. The van der Waals surface area contributed by atoms with Gasteiger partial charge in [0.15, 0.2) is 8.32 Å². The van der Waals surface area contributed by atoms with E-state index in [4.69, 9.17) is 13.9 Å². The van der Waals surface area contributed by atoms with Crippen molar-refractivity contribution in [1.82, 2.24) is 4.98 Å². The smallest absolute Gasteiger partial charge is 0.357 e. The third-order valence-corrected chi connectivity index (χ3v) is 12.9. The van der Waals surface area contributed by atoms with E-state index in [1.807, 2.05) is 0 Å². The van der Waals surface area contributed by atoms with Crippen molar-refractivity contribution in [3.05, 3.63) is 71.6 Å². The van der Waals surface area contributed by atoms with Crippen molar-refractivity contribution in [3.8, 4) is 5.75 Å². The maximum absolute atomic E-state index is 12.3. The van der Waals surface area contributed by atoms with Crippen LogP contribution in [0.15, 0.2) is 60.3 Å². The molecule has 1 saturated carbocycles. The first-order valence-electron chi connectivity index (χ1n) is 13.4. The summed E-state index contributed by atoms with van der Waals surface area (Å²) in [5.41, 5.74) is 2.77. The molecule has 36 heavy (non-hydrogen) atoms. The second kappa shape index (κ2) is 12.7. The molecule has 0 amide bonds. The normalized spacial score (nSPS) is 19.8. The second-order valence-corrected chi connectivity index (χ2v) is 15.0. The number of pyridine rings is 1. The fourth-order valence-electron chi connectivity index (χ4n) is 5.68. The zero-order valence-electron chi connectivity index (χ0n) is 22.9. The molecule has 1 aromatic heterocycles. The molecule has 1 fully saturated rings. The molecule has 0 N–H and O–H groups in total. The van der Waals surface area contributed by atoms with Gasteiger partial charge in [0.2, 0.25) is 0 Å². The van der Waals surface area contributed by atoms with E-state index < -0.39 is 8.32 Å².